The molecular weight excluding hydrogens is 437 g/mol. The second-order valence-electron chi connectivity index (χ2n) is 4.42. The van der Waals surface area contributed by atoms with Crippen molar-refractivity contribution >= 4 is 84.1 Å². The van der Waals surface area contributed by atoms with E-state index in [0.717, 1.165) is 6.08 Å². The molecular formula is C11H16Cl6O4Si. The van der Waals surface area contributed by atoms with Crippen molar-refractivity contribution in [2.75, 3.05) is 19.8 Å². The van der Waals surface area contributed by atoms with Gasteiger partial charge in [0, 0.05) is 6.08 Å². The Balaban J connectivity index is 4.49. The largest absolute Gasteiger partial charge is 0.463 e. The first kappa shape index (κ1) is 23.1. The van der Waals surface area contributed by atoms with Crippen LogP contribution in [0.2, 0.25) is 12.6 Å². The summed E-state index contributed by atoms with van der Waals surface area (Å²) in [5.74, 6) is -0.507. The quantitative estimate of drug-likeness (QED) is 0.163. The molecule has 0 aliphatic rings. The maximum atomic E-state index is 11.0. The first-order valence-corrected chi connectivity index (χ1v) is 10.9. The Morgan fingerprint density at radius 2 is 1.55 bits per heavy atom. The fourth-order valence-corrected chi connectivity index (χ4v) is 4.36. The first-order chi connectivity index (χ1) is 9.87. The van der Waals surface area contributed by atoms with Crippen LogP contribution in [0.1, 0.15) is 6.42 Å². The summed E-state index contributed by atoms with van der Waals surface area (Å²) >= 11 is 34.0. The van der Waals surface area contributed by atoms with Crippen LogP contribution in [0.25, 0.3) is 0 Å². The van der Waals surface area contributed by atoms with Crippen molar-refractivity contribution in [3.8, 4) is 0 Å². The lowest BCUT2D eigenvalue weighted by molar-refractivity contribution is -0.137. The fourth-order valence-electron chi connectivity index (χ4n) is 1.28. The van der Waals surface area contributed by atoms with Crippen LogP contribution in [0.4, 0.5) is 0 Å². The predicted molar refractivity (Wildman–Crippen MR) is 94.7 cm³/mol. The van der Waals surface area contributed by atoms with Crippen molar-refractivity contribution in [2.24, 2.45) is 0 Å². The Bertz CT molecular complexity index is 351. The van der Waals surface area contributed by atoms with Gasteiger partial charge in [-0.3, -0.25) is 0 Å². The predicted octanol–water partition coefficient (Wildman–Crippen LogP) is 4.95. The van der Waals surface area contributed by atoms with Gasteiger partial charge in [0.1, 0.15) is 0 Å². The second kappa shape index (κ2) is 10.2. The van der Waals surface area contributed by atoms with E-state index in [4.69, 9.17) is 83.2 Å². The highest BCUT2D eigenvalue weighted by molar-refractivity contribution is 6.70. The maximum Gasteiger partial charge on any atom is 0.335 e. The molecule has 0 unspecified atom stereocenters. The number of rotatable bonds is 9. The SMILES string of the molecule is C=CC(=O)OCCC[Si](C)(OCC(Cl)(Cl)Cl)OCC(Cl)(Cl)Cl. The molecule has 0 N–H and O–H groups in total. The molecule has 11 heteroatoms. The average Bonchev–Trinajstić information content (AvgIpc) is 2.38. The van der Waals surface area contributed by atoms with Gasteiger partial charge in [-0.05, 0) is 19.0 Å². The van der Waals surface area contributed by atoms with E-state index in [1.807, 2.05) is 0 Å². The Morgan fingerprint density at radius 3 is 1.91 bits per heavy atom. The van der Waals surface area contributed by atoms with Crippen molar-refractivity contribution in [1.82, 2.24) is 0 Å². The lowest BCUT2D eigenvalue weighted by atomic mass is 10.5. The Hall–Kier alpha value is 1.09. The van der Waals surface area contributed by atoms with Crippen molar-refractivity contribution in [2.45, 2.75) is 26.6 Å². The fraction of sp³-hybridized carbons (Fsp3) is 0.727. The molecule has 0 saturated carbocycles. The summed E-state index contributed by atoms with van der Waals surface area (Å²) in [5.41, 5.74) is 0. The van der Waals surface area contributed by atoms with Crippen LogP contribution in [0.15, 0.2) is 12.7 Å². The van der Waals surface area contributed by atoms with Gasteiger partial charge in [-0.2, -0.15) is 0 Å². The molecule has 130 valence electrons. The number of halogens is 6. The van der Waals surface area contributed by atoms with Gasteiger partial charge in [0.25, 0.3) is 0 Å². The van der Waals surface area contributed by atoms with Gasteiger partial charge in [0.15, 0.2) is 0 Å². The second-order valence-corrected chi connectivity index (χ2v) is 12.8. The third kappa shape index (κ3) is 13.5. The van der Waals surface area contributed by atoms with Gasteiger partial charge in [0.05, 0.1) is 19.8 Å². The number of carbonyl (C=O) groups is 1. The molecule has 4 nitrogen and oxygen atoms in total. The van der Waals surface area contributed by atoms with Crippen LogP contribution in [0.5, 0.6) is 0 Å². The summed E-state index contributed by atoms with van der Waals surface area (Å²) in [7, 11) is -2.78. The van der Waals surface area contributed by atoms with Gasteiger partial charge >= 0.3 is 14.5 Å². The molecule has 0 spiro atoms. The molecule has 0 bridgehead atoms. The minimum absolute atomic E-state index is 0.160. The lowest BCUT2D eigenvalue weighted by Crippen LogP contribution is -2.43. The summed E-state index contributed by atoms with van der Waals surface area (Å²) in [6.07, 6.45) is 1.57. The van der Waals surface area contributed by atoms with E-state index in [-0.39, 0.29) is 19.8 Å². The molecule has 0 rings (SSSR count). The molecule has 0 aromatic carbocycles. The van der Waals surface area contributed by atoms with E-state index >= 15 is 0 Å². The average molecular weight is 453 g/mol. The third-order valence-electron chi connectivity index (χ3n) is 2.27. The monoisotopic (exact) mass is 450 g/mol. The molecule has 0 radical (unpaired) electrons. The first-order valence-electron chi connectivity index (χ1n) is 6.07. The number of hydrogen-bond acceptors (Lipinski definition) is 4. The van der Waals surface area contributed by atoms with E-state index in [0.29, 0.717) is 12.5 Å². The van der Waals surface area contributed by atoms with Crippen molar-refractivity contribution in [3.05, 3.63) is 12.7 Å². The zero-order valence-electron chi connectivity index (χ0n) is 11.7. The number of hydrogen-bond donors (Lipinski definition) is 0. The normalized spacial score (nSPS) is 13.0. The van der Waals surface area contributed by atoms with Crippen molar-refractivity contribution < 1.29 is 18.4 Å². The highest BCUT2D eigenvalue weighted by atomic mass is 35.6. The molecule has 0 fully saturated rings. The summed E-state index contributed by atoms with van der Waals surface area (Å²) in [5, 5.41) is 0. The van der Waals surface area contributed by atoms with E-state index in [1.165, 1.54) is 0 Å². The summed E-state index contributed by atoms with van der Waals surface area (Å²) < 4.78 is 12.9. The zero-order valence-corrected chi connectivity index (χ0v) is 17.3. The Kier molecular flexibility index (Phi) is 10.7. The summed E-state index contributed by atoms with van der Waals surface area (Å²) in [6.45, 7) is 4.91. The molecule has 0 aliphatic carbocycles. The van der Waals surface area contributed by atoms with Crippen LogP contribution < -0.4 is 0 Å². The minimum atomic E-state index is -2.78. The topological polar surface area (TPSA) is 44.8 Å². The molecule has 0 aromatic rings. The molecule has 0 heterocycles. The number of ether oxygens (including phenoxy) is 1. The molecule has 0 aromatic heterocycles. The Labute approximate surface area is 161 Å². The molecule has 0 aliphatic heterocycles. The van der Waals surface area contributed by atoms with Crippen molar-refractivity contribution in [1.29, 1.82) is 0 Å². The van der Waals surface area contributed by atoms with Crippen LogP contribution in [0, 0.1) is 0 Å². The molecule has 22 heavy (non-hydrogen) atoms. The standard InChI is InChI=1S/C11H16Cl6O4Si/c1-3-9(18)19-5-4-6-22(2,20-7-10(12,13)14)21-8-11(15,16)17/h3H,1,4-8H2,2H3. The van der Waals surface area contributed by atoms with Crippen LogP contribution in [-0.4, -0.2) is 41.9 Å². The van der Waals surface area contributed by atoms with E-state index in [2.05, 4.69) is 6.58 Å². The number of carbonyl (C=O) groups excluding carboxylic acids is 1. The number of esters is 1. The maximum absolute atomic E-state index is 11.0. The highest BCUT2D eigenvalue weighted by Crippen LogP contribution is 2.31. The van der Waals surface area contributed by atoms with E-state index in [9.17, 15) is 4.79 Å². The summed E-state index contributed by atoms with van der Waals surface area (Å²) in [6, 6.07) is 0.457. The molecule has 0 amide bonds. The molecule has 0 saturated heterocycles. The van der Waals surface area contributed by atoms with Crippen LogP contribution >= 0.6 is 69.6 Å². The van der Waals surface area contributed by atoms with Gasteiger partial charge in [-0.1, -0.05) is 76.2 Å². The zero-order chi connectivity index (χ0) is 17.4. The number of alkyl halides is 6. The van der Waals surface area contributed by atoms with Gasteiger partial charge in [-0.15, -0.1) is 0 Å². The summed E-state index contributed by atoms with van der Waals surface area (Å²) in [4.78, 5) is 11.0. The minimum Gasteiger partial charge on any atom is -0.463 e. The lowest BCUT2D eigenvalue weighted by Gasteiger charge is -2.30. The van der Waals surface area contributed by atoms with Crippen molar-refractivity contribution in [3.63, 3.8) is 0 Å². The van der Waals surface area contributed by atoms with E-state index in [1.54, 1.807) is 6.55 Å². The van der Waals surface area contributed by atoms with Gasteiger partial charge in [0.2, 0.25) is 7.59 Å². The smallest absolute Gasteiger partial charge is 0.335 e. The van der Waals surface area contributed by atoms with E-state index < -0.39 is 22.1 Å². The van der Waals surface area contributed by atoms with Crippen LogP contribution in [0.3, 0.4) is 0 Å². The third-order valence-corrected chi connectivity index (χ3v) is 5.69. The van der Waals surface area contributed by atoms with Gasteiger partial charge in [-0.25, -0.2) is 4.79 Å². The highest BCUT2D eigenvalue weighted by Gasteiger charge is 2.37. The van der Waals surface area contributed by atoms with Crippen LogP contribution in [-0.2, 0) is 18.4 Å². The molecule has 0 atom stereocenters. The van der Waals surface area contributed by atoms with Gasteiger partial charge < -0.3 is 13.6 Å². The Morgan fingerprint density at radius 1 is 1.09 bits per heavy atom.